The van der Waals surface area contributed by atoms with Gasteiger partial charge in [0.15, 0.2) is 5.96 Å². The van der Waals surface area contributed by atoms with E-state index in [0.29, 0.717) is 6.54 Å². The lowest BCUT2D eigenvalue weighted by Crippen LogP contribution is -2.48. The maximum atomic E-state index is 5.78. The van der Waals surface area contributed by atoms with Gasteiger partial charge in [-0.15, -0.1) is 0 Å². The Morgan fingerprint density at radius 3 is 2.90 bits per heavy atom. The van der Waals surface area contributed by atoms with E-state index in [1.807, 2.05) is 0 Å². The number of nitrogens with one attached hydrogen (secondary N) is 2. The number of hydrogen-bond acceptors (Lipinski definition) is 4. The first-order chi connectivity index (χ1) is 10.1. The zero-order chi connectivity index (χ0) is 15.1. The van der Waals surface area contributed by atoms with Gasteiger partial charge < -0.3 is 25.0 Å². The third-order valence-electron chi connectivity index (χ3n) is 4.06. The van der Waals surface area contributed by atoms with Crippen LogP contribution < -0.4 is 10.6 Å². The number of nitrogens with zero attached hydrogens (tertiary/aromatic N) is 2. The van der Waals surface area contributed by atoms with Crippen LogP contribution in [0.15, 0.2) is 4.99 Å². The van der Waals surface area contributed by atoms with E-state index in [-0.39, 0.29) is 11.7 Å². The summed E-state index contributed by atoms with van der Waals surface area (Å²) in [6.07, 6.45) is 2.45. The molecule has 2 heterocycles. The van der Waals surface area contributed by atoms with Crippen molar-refractivity contribution in [1.29, 1.82) is 0 Å². The maximum absolute atomic E-state index is 5.78. The van der Waals surface area contributed by atoms with Crippen molar-refractivity contribution in [2.45, 2.75) is 38.4 Å². The highest BCUT2D eigenvalue weighted by atomic mass is 16.5. The summed E-state index contributed by atoms with van der Waals surface area (Å²) in [7, 11) is 2.13. The zero-order valence-corrected chi connectivity index (χ0v) is 13.7. The predicted molar refractivity (Wildman–Crippen MR) is 84.8 cm³/mol. The molecule has 2 aliphatic rings. The van der Waals surface area contributed by atoms with E-state index in [0.717, 1.165) is 58.2 Å². The fraction of sp³-hybridized carbons (Fsp3) is 0.933. The highest BCUT2D eigenvalue weighted by molar-refractivity contribution is 5.79. The Kier molecular flexibility index (Phi) is 6.26. The molecule has 0 aromatic heterocycles. The molecular weight excluding hydrogens is 268 g/mol. The number of hydrogen-bond donors (Lipinski definition) is 2. The molecule has 2 unspecified atom stereocenters. The van der Waals surface area contributed by atoms with Crippen molar-refractivity contribution >= 4 is 5.96 Å². The quantitative estimate of drug-likeness (QED) is 0.570. The monoisotopic (exact) mass is 298 g/mol. The second-order valence-electron chi connectivity index (χ2n) is 6.23. The first-order valence-electron chi connectivity index (χ1n) is 8.07. The molecule has 2 N–H and O–H groups in total. The predicted octanol–water partition coefficient (Wildman–Crippen LogP) is 0.441. The third-order valence-corrected chi connectivity index (χ3v) is 4.06. The minimum Gasteiger partial charge on any atom is -0.374 e. The van der Waals surface area contributed by atoms with Gasteiger partial charge in [0.1, 0.15) is 0 Å². The van der Waals surface area contributed by atoms with Gasteiger partial charge in [-0.3, -0.25) is 4.99 Å². The normalized spacial score (nSPS) is 31.4. The van der Waals surface area contributed by atoms with Crippen LogP contribution in [0.3, 0.4) is 0 Å². The van der Waals surface area contributed by atoms with Crippen molar-refractivity contribution in [2.75, 3.05) is 53.0 Å². The highest BCUT2D eigenvalue weighted by Gasteiger charge is 2.29. The van der Waals surface area contributed by atoms with Crippen LogP contribution >= 0.6 is 0 Å². The first-order valence-corrected chi connectivity index (χ1v) is 8.07. The molecule has 2 saturated heterocycles. The van der Waals surface area contributed by atoms with Crippen molar-refractivity contribution in [2.24, 2.45) is 4.99 Å². The van der Waals surface area contributed by atoms with E-state index in [9.17, 15) is 0 Å². The molecule has 21 heavy (non-hydrogen) atoms. The Morgan fingerprint density at radius 1 is 1.38 bits per heavy atom. The lowest BCUT2D eigenvalue weighted by atomic mass is 10.0. The number of rotatable bonds is 5. The summed E-state index contributed by atoms with van der Waals surface area (Å²) in [6, 6.07) is 0. The number of guanidine groups is 1. The molecule has 2 atom stereocenters. The van der Waals surface area contributed by atoms with Crippen molar-refractivity contribution in [3.05, 3.63) is 0 Å². The number of ether oxygens (including phenoxy) is 2. The van der Waals surface area contributed by atoms with Crippen LogP contribution in [-0.2, 0) is 9.47 Å². The molecule has 0 saturated carbocycles. The molecule has 122 valence electrons. The van der Waals surface area contributed by atoms with Crippen LogP contribution in [0.25, 0.3) is 0 Å². The average Bonchev–Trinajstić information content (AvgIpc) is 2.89. The highest BCUT2D eigenvalue weighted by Crippen LogP contribution is 2.24. The summed E-state index contributed by atoms with van der Waals surface area (Å²) in [6.45, 7) is 10.2. The molecule has 0 radical (unpaired) electrons. The average molecular weight is 298 g/mol. The largest absolute Gasteiger partial charge is 0.374 e. The van der Waals surface area contributed by atoms with E-state index >= 15 is 0 Å². The molecule has 0 spiro atoms. The SMILES string of the molecule is CCNC(=NCC1(C)CCCO1)NCC1CN(C)CCO1. The van der Waals surface area contributed by atoms with Crippen LogP contribution in [0.4, 0.5) is 0 Å². The van der Waals surface area contributed by atoms with Crippen molar-refractivity contribution in [3.8, 4) is 0 Å². The molecule has 0 aromatic carbocycles. The van der Waals surface area contributed by atoms with Gasteiger partial charge in [-0.25, -0.2) is 0 Å². The molecule has 0 amide bonds. The second kappa shape index (κ2) is 7.96. The third kappa shape index (κ3) is 5.45. The molecule has 0 aliphatic carbocycles. The fourth-order valence-corrected chi connectivity index (χ4v) is 2.75. The molecule has 0 bridgehead atoms. The van der Waals surface area contributed by atoms with Gasteiger partial charge in [0.2, 0.25) is 0 Å². The Hall–Kier alpha value is -0.850. The molecule has 6 nitrogen and oxygen atoms in total. The van der Waals surface area contributed by atoms with Gasteiger partial charge in [-0.05, 0) is 33.7 Å². The molecule has 2 aliphatic heterocycles. The van der Waals surface area contributed by atoms with Gasteiger partial charge in [0.05, 0.1) is 24.9 Å². The molecule has 6 heteroatoms. The smallest absolute Gasteiger partial charge is 0.191 e. The number of aliphatic imine (C=N–C) groups is 1. The Morgan fingerprint density at radius 2 is 2.24 bits per heavy atom. The van der Waals surface area contributed by atoms with Crippen LogP contribution in [0.2, 0.25) is 0 Å². The van der Waals surface area contributed by atoms with Crippen LogP contribution in [0.5, 0.6) is 0 Å². The lowest BCUT2D eigenvalue weighted by Gasteiger charge is -2.30. The molecule has 2 rings (SSSR count). The van der Waals surface area contributed by atoms with E-state index in [1.165, 1.54) is 0 Å². The van der Waals surface area contributed by atoms with Crippen molar-refractivity contribution in [3.63, 3.8) is 0 Å². The van der Waals surface area contributed by atoms with E-state index in [1.54, 1.807) is 0 Å². The van der Waals surface area contributed by atoms with E-state index in [2.05, 4.69) is 41.4 Å². The van der Waals surface area contributed by atoms with Gasteiger partial charge in [0, 0.05) is 32.8 Å². The van der Waals surface area contributed by atoms with Gasteiger partial charge in [-0.1, -0.05) is 0 Å². The van der Waals surface area contributed by atoms with Gasteiger partial charge in [-0.2, -0.15) is 0 Å². The topological polar surface area (TPSA) is 58.1 Å². The Balaban J connectivity index is 1.80. The van der Waals surface area contributed by atoms with Crippen LogP contribution in [0.1, 0.15) is 26.7 Å². The minimum absolute atomic E-state index is 0.0933. The molecule has 2 fully saturated rings. The van der Waals surface area contributed by atoms with Gasteiger partial charge in [0.25, 0.3) is 0 Å². The summed E-state index contributed by atoms with van der Waals surface area (Å²) in [5, 5.41) is 6.67. The summed E-state index contributed by atoms with van der Waals surface area (Å²) in [5.41, 5.74) is -0.0933. The molecular formula is C15H30N4O2. The van der Waals surface area contributed by atoms with E-state index in [4.69, 9.17) is 9.47 Å². The van der Waals surface area contributed by atoms with Crippen molar-refractivity contribution in [1.82, 2.24) is 15.5 Å². The van der Waals surface area contributed by atoms with Crippen LogP contribution in [0, 0.1) is 0 Å². The minimum atomic E-state index is -0.0933. The number of morpholine rings is 1. The maximum Gasteiger partial charge on any atom is 0.191 e. The summed E-state index contributed by atoms with van der Waals surface area (Å²) in [4.78, 5) is 6.97. The Labute approximate surface area is 128 Å². The van der Waals surface area contributed by atoms with Crippen molar-refractivity contribution < 1.29 is 9.47 Å². The number of likely N-dealkylation sites (N-methyl/N-ethyl adjacent to an activating group) is 1. The zero-order valence-electron chi connectivity index (χ0n) is 13.7. The Bertz CT molecular complexity index is 343. The lowest BCUT2D eigenvalue weighted by molar-refractivity contribution is -0.0161. The van der Waals surface area contributed by atoms with Crippen LogP contribution in [-0.4, -0.2) is 75.5 Å². The molecule has 0 aromatic rings. The summed E-state index contributed by atoms with van der Waals surface area (Å²) < 4.78 is 11.5. The van der Waals surface area contributed by atoms with Gasteiger partial charge >= 0.3 is 0 Å². The summed E-state index contributed by atoms with van der Waals surface area (Å²) >= 11 is 0. The summed E-state index contributed by atoms with van der Waals surface area (Å²) in [5.74, 6) is 0.853. The standard InChI is InChI=1S/C15H30N4O2/c1-4-16-14(18-12-15(2)6-5-8-21-15)17-10-13-11-19(3)7-9-20-13/h13H,4-12H2,1-3H3,(H2,16,17,18). The fourth-order valence-electron chi connectivity index (χ4n) is 2.75. The van der Waals surface area contributed by atoms with E-state index < -0.39 is 0 Å². The second-order valence-corrected chi connectivity index (χ2v) is 6.23. The first kappa shape index (κ1) is 16.5.